The van der Waals surface area contributed by atoms with Crippen LogP contribution >= 0.6 is 0 Å². The summed E-state index contributed by atoms with van der Waals surface area (Å²) in [6.45, 7) is 3.11. The maximum Gasteiger partial charge on any atom is 0.259 e. The average molecular weight is 438 g/mol. The molecule has 2 saturated heterocycles. The minimum Gasteiger partial charge on any atom is -0.495 e. The molecule has 0 bridgehead atoms. The zero-order valence-corrected chi connectivity index (χ0v) is 18.3. The molecular formula is C23H27N5O4. The van der Waals surface area contributed by atoms with E-state index in [2.05, 4.69) is 15.3 Å². The molecule has 2 aliphatic rings. The molecule has 1 aromatic carbocycles. The van der Waals surface area contributed by atoms with Crippen molar-refractivity contribution in [2.75, 3.05) is 32.1 Å². The van der Waals surface area contributed by atoms with Crippen LogP contribution in [0.5, 0.6) is 5.75 Å². The first-order chi connectivity index (χ1) is 15.5. The van der Waals surface area contributed by atoms with E-state index in [9.17, 15) is 14.4 Å². The molecule has 4 rings (SSSR count). The van der Waals surface area contributed by atoms with E-state index in [0.717, 1.165) is 19.3 Å². The Hall–Kier alpha value is -3.49. The van der Waals surface area contributed by atoms with Gasteiger partial charge in [-0.25, -0.2) is 9.97 Å². The second kappa shape index (κ2) is 9.33. The zero-order valence-electron chi connectivity index (χ0n) is 18.3. The van der Waals surface area contributed by atoms with Gasteiger partial charge in [-0.15, -0.1) is 0 Å². The number of carbonyl (C=O) groups excluding carboxylic acids is 3. The van der Waals surface area contributed by atoms with Gasteiger partial charge >= 0.3 is 0 Å². The third-order valence-corrected chi connectivity index (χ3v) is 5.97. The number of aromatic nitrogens is 2. The van der Waals surface area contributed by atoms with Gasteiger partial charge in [-0.1, -0.05) is 12.1 Å². The van der Waals surface area contributed by atoms with Crippen LogP contribution in [0.4, 0.5) is 5.69 Å². The number of ether oxygens (including phenoxy) is 1. The molecule has 32 heavy (non-hydrogen) atoms. The number of rotatable bonds is 6. The molecule has 1 atom stereocenters. The molecule has 9 heteroatoms. The normalized spacial score (nSPS) is 18.2. The summed E-state index contributed by atoms with van der Waals surface area (Å²) in [4.78, 5) is 49.9. The predicted molar refractivity (Wildman–Crippen MR) is 117 cm³/mol. The van der Waals surface area contributed by atoms with Gasteiger partial charge in [-0.05, 0) is 38.3 Å². The molecule has 0 saturated carbocycles. The van der Waals surface area contributed by atoms with Crippen molar-refractivity contribution in [3.8, 4) is 5.75 Å². The number of carbonyl (C=O) groups is 3. The number of nitrogens with zero attached hydrogens (tertiary/aromatic N) is 4. The molecule has 9 nitrogen and oxygen atoms in total. The third-order valence-electron chi connectivity index (χ3n) is 5.97. The summed E-state index contributed by atoms with van der Waals surface area (Å²) < 4.78 is 5.28. The van der Waals surface area contributed by atoms with Gasteiger partial charge < -0.3 is 19.9 Å². The van der Waals surface area contributed by atoms with Gasteiger partial charge in [0, 0.05) is 25.7 Å². The van der Waals surface area contributed by atoms with Gasteiger partial charge in [0.05, 0.1) is 36.6 Å². The summed E-state index contributed by atoms with van der Waals surface area (Å²) >= 11 is 0. The Kier molecular flexibility index (Phi) is 6.34. The number of hydrogen-bond donors (Lipinski definition) is 1. The van der Waals surface area contributed by atoms with E-state index in [1.54, 1.807) is 36.0 Å². The van der Waals surface area contributed by atoms with E-state index in [-0.39, 0.29) is 30.3 Å². The Balaban J connectivity index is 1.47. The number of methoxy groups -OCH3 is 1. The molecular weight excluding hydrogens is 410 g/mol. The topological polar surface area (TPSA) is 105 Å². The van der Waals surface area contributed by atoms with Crippen LogP contribution in [0, 0.1) is 6.92 Å². The highest BCUT2D eigenvalue weighted by molar-refractivity contribution is 6.05. The number of benzene rings is 1. The van der Waals surface area contributed by atoms with Gasteiger partial charge in [-0.3, -0.25) is 14.4 Å². The van der Waals surface area contributed by atoms with Crippen LogP contribution in [0.2, 0.25) is 0 Å². The zero-order chi connectivity index (χ0) is 22.7. The number of para-hydroxylation sites is 2. The SMILES string of the molecule is COc1ccccc1NC(=O)c1cnc([C@H]2CCCN2C(=O)CN2CCCC2=O)nc1C. The van der Waals surface area contributed by atoms with Crippen molar-refractivity contribution in [3.05, 3.63) is 47.5 Å². The summed E-state index contributed by atoms with van der Waals surface area (Å²) in [5.74, 6) is 0.710. The first-order valence-electron chi connectivity index (χ1n) is 10.8. The van der Waals surface area contributed by atoms with Gasteiger partial charge in [0.1, 0.15) is 5.75 Å². The van der Waals surface area contributed by atoms with Crippen molar-refractivity contribution in [3.63, 3.8) is 0 Å². The van der Waals surface area contributed by atoms with E-state index in [4.69, 9.17) is 4.74 Å². The standard InChI is InChI=1S/C23H27N5O4/c1-15-16(23(31)26-17-7-3-4-9-19(17)32-2)13-24-22(25-15)18-8-5-12-28(18)21(30)14-27-11-6-10-20(27)29/h3-4,7,9,13,18H,5-6,8,10-12,14H2,1-2H3,(H,26,31)/t18-/m1/s1. The number of nitrogens with one attached hydrogen (secondary N) is 1. The van der Waals surface area contributed by atoms with Crippen molar-refractivity contribution in [1.82, 2.24) is 19.8 Å². The number of aryl methyl sites for hydroxylation is 1. The third kappa shape index (κ3) is 4.42. The van der Waals surface area contributed by atoms with Crippen LogP contribution in [0.1, 0.15) is 53.6 Å². The highest BCUT2D eigenvalue weighted by atomic mass is 16.5. The van der Waals surface area contributed by atoms with Gasteiger partial charge in [0.25, 0.3) is 5.91 Å². The molecule has 2 fully saturated rings. The van der Waals surface area contributed by atoms with Gasteiger partial charge in [-0.2, -0.15) is 0 Å². The highest BCUT2D eigenvalue weighted by Gasteiger charge is 2.34. The fraction of sp³-hybridized carbons (Fsp3) is 0.435. The summed E-state index contributed by atoms with van der Waals surface area (Å²) in [5.41, 5.74) is 1.46. The highest BCUT2D eigenvalue weighted by Crippen LogP contribution is 2.31. The fourth-order valence-electron chi connectivity index (χ4n) is 4.26. The van der Waals surface area contributed by atoms with Crippen molar-refractivity contribution in [2.45, 2.75) is 38.6 Å². The lowest BCUT2D eigenvalue weighted by molar-refractivity contribution is -0.139. The molecule has 3 heterocycles. The average Bonchev–Trinajstić information content (AvgIpc) is 3.43. The molecule has 2 aliphatic heterocycles. The molecule has 0 unspecified atom stereocenters. The molecule has 2 aromatic rings. The molecule has 3 amide bonds. The summed E-state index contributed by atoms with van der Waals surface area (Å²) in [7, 11) is 1.54. The van der Waals surface area contributed by atoms with Crippen LogP contribution in [-0.4, -0.2) is 64.2 Å². The summed E-state index contributed by atoms with van der Waals surface area (Å²) in [5, 5.41) is 2.83. The maximum absolute atomic E-state index is 12.9. The smallest absolute Gasteiger partial charge is 0.259 e. The molecule has 168 valence electrons. The van der Waals surface area contributed by atoms with Crippen molar-refractivity contribution >= 4 is 23.4 Å². The Labute approximate surface area is 186 Å². The van der Waals surface area contributed by atoms with Crippen molar-refractivity contribution in [2.24, 2.45) is 0 Å². The van der Waals surface area contributed by atoms with Crippen LogP contribution in [0.3, 0.4) is 0 Å². The molecule has 1 N–H and O–H groups in total. The van der Waals surface area contributed by atoms with E-state index >= 15 is 0 Å². The Morgan fingerprint density at radius 1 is 1.22 bits per heavy atom. The second-order valence-electron chi connectivity index (χ2n) is 8.05. The van der Waals surface area contributed by atoms with Crippen molar-refractivity contribution < 1.29 is 19.1 Å². The first-order valence-corrected chi connectivity index (χ1v) is 10.8. The van der Waals surface area contributed by atoms with Crippen LogP contribution < -0.4 is 10.1 Å². The van der Waals surface area contributed by atoms with Crippen molar-refractivity contribution in [1.29, 1.82) is 0 Å². The fourth-order valence-corrected chi connectivity index (χ4v) is 4.26. The quantitative estimate of drug-likeness (QED) is 0.744. The molecule has 0 spiro atoms. The maximum atomic E-state index is 12.9. The Morgan fingerprint density at radius 2 is 2.03 bits per heavy atom. The first kappa shape index (κ1) is 21.7. The van der Waals surface area contributed by atoms with Crippen LogP contribution in [0.25, 0.3) is 0 Å². The number of likely N-dealkylation sites (tertiary alicyclic amines) is 2. The van der Waals surface area contributed by atoms with Gasteiger partial charge in [0.2, 0.25) is 11.8 Å². The monoisotopic (exact) mass is 437 g/mol. The molecule has 0 radical (unpaired) electrons. The van der Waals surface area contributed by atoms with E-state index in [1.165, 1.54) is 6.20 Å². The summed E-state index contributed by atoms with van der Waals surface area (Å²) in [6, 6.07) is 6.92. The van der Waals surface area contributed by atoms with Gasteiger partial charge in [0.15, 0.2) is 5.82 Å². The largest absolute Gasteiger partial charge is 0.495 e. The van der Waals surface area contributed by atoms with Crippen LogP contribution in [-0.2, 0) is 9.59 Å². The lowest BCUT2D eigenvalue weighted by Gasteiger charge is -2.26. The summed E-state index contributed by atoms with van der Waals surface area (Å²) in [6.07, 6.45) is 4.43. The predicted octanol–water partition coefficient (Wildman–Crippen LogP) is 2.33. The minimum atomic E-state index is -0.328. The Morgan fingerprint density at radius 3 is 2.75 bits per heavy atom. The van der Waals surface area contributed by atoms with E-state index in [0.29, 0.717) is 48.0 Å². The second-order valence-corrected chi connectivity index (χ2v) is 8.05. The van der Waals surface area contributed by atoms with E-state index < -0.39 is 0 Å². The minimum absolute atomic E-state index is 0.0339. The van der Waals surface area contributed by atoms with E-state index in [1.807, 2.05) is 12.1 Å². The number of hydrogen-bond acceptors (Lipinski definition) is 6. The number of anilines is 1. The molecule has 1 aromatic heterocycles. The lowest BCUT2D eigenvalue weighted by Crippen LogP contribution is -2.40. The number of amides is 3. The van der Waals surface area contributed by atoms with Crippen LogP contribution in [0.15, 0.2) is 30.5 Å². The lowest BCUT2D eigenvalue weighted by atomic mass is 10.1. The molecule has 0 aliphatic carbocycles. The Bertz CT molecular complexity index is 1040.